The Bertz CT molecular complexity index is 1250. The number of amides is 1. The minimum absolute atomic E-state index is 0.00143. The molecule has 1 amide bonds. The molecule has 2 aromatic heterocycles. The second-order valence-electron chi connectivity index (χ2n) is 7.06. The molecule has 2 aromatic carbocycles. The van der Waals surface area contributed by atoms with Crippen LogP contribution in [0.5, 0.6) is 0 Å². The number of nitrogens with one attached hydrogen (secondary N) is 1. The molecule has 0 saturated carbocycles. The number of aryl methyl sites for hydroxylation is 1. The second-order valence-corrected chi connectivity index (χ2v) is 7.06. The van der Waals surface area contributed by atoms with Gasteiger partial charge in [0, 0.05) is 17.4 Å². The van der Waals surface area contributed by atoms with E-state index in [-0.39, 0.29) is 23.9 Å². The third-order valence-corrected chi connectivity index (χ3v) is 5.14. The van der Waals surface area contributed by atoms with Gasteiger partial charge in [-0.05, 0) is 37.3 Å². The first-order chi connectivity index (χ1) is 14.0. The van der Waals surface area contributed by atoms with Crippen LogP contribution >= 0.6 is 0 Å². The summed E-state index contributed by atoms with van der Waals surface area (Å²) >= 11 is 0. The van der Waals surface area contributed by atoms with Crippen LogP contribution in [0, 0.1) is 12.7 Å². The molecule has 1 N–H and O–H groups in total. The van der Waals surface area contributed by atoms with Crippen molar-refractivity contribution in [2.75, 3.05) is 5.32 Å². The van der Waals surface area contributed by atoms with Gasteiger partial charge in [0.05, 0.1) is 17.3 Å². The molecule has 3 heterocycles. The summed E-state index contributed by atoms with van der Waals surface area (Å²) in [6.07, 6.45) is -0.00143. The third-order valence-electron chi connectivity index (χ3n) is 5.14. The SMILES string of the molecule is Cc1nn(-c2cccc(F)c2)c2c1[C@H](C(=O)c1cc3ccccc3o1)CC(=O)N2. The Hall–Kier alpha value is -3.74. The van der Waals surface area contributed by atoms with Crippen molar-refractivity contribution in [2.45, 2.75) is 19.3 Å². The van der Waals surface area contributed by atoms with Crippen LogP contribution in [0.15, 0.2) is 59.0 Å². The van der Waals surface area contributed by atoms with E-state index >= 15 is 0 Å². The maximum Gasteiger partial charge on any atom is 0.226 e. The van der Waals surface area contributed by atoms with Gasteiger partial charge in [-0.3, -0.25) is 9.59 Å². The van der Waals surface area contributed by atoms with Gasteiger partial charge in [-0.15, -0.1) is 0 Å². The summed E-state index contributed by atoms with van der Waals surface area (Å²) in [5.41, 5.74) is 2.30. The first kappa shape index (κ1) is 17.4. The number of hydrogen-bond acceptors (Lipinski definition) is 4. The van der Waals surface area contributed by atoms with Crippen LogP contribution in [-0.2, 0) is 4.79 Å². The van der Waals surface area contributed by atoms with Crippen molar-refractivity contribution in [1.82, 2.24) is 9.78 Å². The number of fused-ring (bicyclic) bond motifs is 2. The number of para-hydroxylation sites is 1. The molecule has 0 saturated heterocycles. The van der Waals surface area contributed by atoms with Crippen molar-refractivity contribution < 1.29 is 18.4 Å². The Kier molecular flexibility index (Phi) is 3.84. The zero-order chi connectivity index (χ0) is 20.1. The Morgan fingerprint density at radius 3 is 2.83 bits per heavy atom. The first-order valence-electron chi connectivity index (χ1n) is 9.19. The van der Waals surface area contributed by atoms with E-state index in [4.69, 9.17) is 4.42 Å². The molecular weight excluding hydrogens is 373 g/mol. The number of hydrogen-bond donors (Lipinski definition) is 1. The number of furan rings is 1. The van der Waals surface area contributed by atoms with Crippen LogP contribution in [0.3, 0.4) is 0 Å². The number of benzene rings is 2. The fourth-order valence-corrected chi connectivity index (χ4v) is 3.84. The topological polar surface area (TPSA) is 77.1 Å². The lowest BCUT2D eigenvalue weighted by atomic mass is 9.87. The molecule has 0 radical (unpaired) electrons. The van der Waals surface area contributed by atoms with E-state index in [1.54, 1.807) is 31.2 Å². The number of ketones is 1. The van der Waals surface area contributed by atoms with Crippen molar-refractivity contribution >= 4 is 28.5 Å². The van der Waals surface area contributed by atoms with Crippen molar-refractivity contribution in [3.05, 3.63) is 77.4 Å². The molecule has 5 rings (SSSR count). The van der Waals surface area contributed by atoms with Gasteiger partial charge in [-0.2, -0.15) is 5.10 Å². The van der Waals surface area contributed by atoms with Gasteiger partial charge in [-0.25, -0.2) is 9.07 Å². The van der Waals surface area contributed by atoms with E-state index in [2.05, 4.69) is 10.4 Å². The highest BCUT2D eigenvalue weighted by molar-refractivity contribution is 6.08. The monoisotopic (exact) mass is 389 g/mol. The van der Waals surface area contributed by atoms with E-state index in [9.17, 15) is 14.0 Å². The predicted molar refractivity (Wildman–Crippen MR) is 105 cm³/mol. The van der Waals surface area contributed by atoms with Crippen molar-refractivity contribution in [2.24, 2.45) is 0 Å². The van der Waals surface area contributed by atoms with E-state index in [1.807, 2.05) is 18.2 Å². The molecule has 4 aromatic rings. The highest BCUT2D eigenvalue weighted by atomic mass is 19.1. The Morgan fingerprint density at radius 2 is 2.03 bits per heavy atom. The highest BCUT2D eigenvalue weighted by Gasteiger charge is 2.37. The van der Waals surface area contributed by atoms with Crippen molar-refractivity contribution in [3.8, 4) is 5.69 Å². The fraction of sp³-hybridized carbons (Fsp3) is 0.136. The quantitative estimate of drug-likeness (QED) is 0.528. The van der Waals surface area contributed by atoms with Gasteiger partial charge >= 0.3 is 0 Å². The highest BCUT2D eigenvalue weighted by Crippen LogP contribution is 2.39. The van der Waals surface area contributed by atoms with Crippen molar-refractivity contribution in [3.63, 3.8) is 0 Å². The van der Waals surface area contributed by atoms with Gasteiger partial charge in [0.1, 0.15) is 17.2 Å². The van der Waals surface area contributed by atoms with Gasteiger partial charge in [0.25, 0.3) is 0 Å². The molecule has 1 aliphatic heterocycles. The number of halogens is 1. The smallest absolute Gasteiger partial charge is 0.226 e. The lowest BCUT2D eigenvalue weighted by Gasteiger charge is -2.22. The third kappa shape index (κ3) is 2.82. The molecule has 6 nitrogen and oxygen atoms in total. The number of Topliss-reactive ketones (excluding diaryl/α,β-unsaturated/α-hetero) is 1. The first-order valence-corrected chi connectivity index (χ1v) is 9.19. The Morgan fingerprint density at radius 1 is 1.21 bits per heavy atom. The molecule has 144 valence electrons. The number of aromatic nitrogens is 2. The normalized spacial score (nSPS) is 15.9. The van der Waals surface area contributed by atoms with Crippen LogP contribution in [0.1, 0.15) is 34.2 Å². The summed E-state index contributed by atoms with van der Waals surface area (Å²) in [4.78, 5) is 25.7. The van der Waals surface area contributed by atoms with E-state index in [0.29, 0.717) is 28.3 Å². The molecule has 7 heteroatoms. The number of nitrogens with zero attached hydrogens (tertiary/aromatic N) is 2. The zero-order valence-electron chi connectivity index (χ0n) is 15.5. The second kappa shape index (κ2) is 6.41. The van der Waals surface area contributed by atoms with Crippen LogP contribution in [0.25, 0.3) is 16.7 Å². The summed E-state index contributed by atoms with van der Waals surface area (Å²) in [7, 11) is 0. The van der Waals surface area contributed by atoms with E-state index in [1.165, 1.54) is 16.8 Å². The maximum absolute atomic E-state index is 13.7. The lowest BCUT2D eigenvalue weighted by molar-refractivity contribution is -0.116. The summed E-state index contributed by atoms with van der Waals surface area (Å²) in [6.45, 7) is 1.77. The number of anilines is 1. The minimum atomic E-state index is -0.721. The van der Waals surface area contributed by atoms with Gasteiger partial charge in [0.2, 0.25) is 11.7 Å². The number of carbonyl (C=O) groups excluding carboxylic acids is 2. The standard InChI is InChI=1S/C22H16FN3O3/c1-12-20-16(21(28)18-9-13-5-2-3-8-17(13)29-18)11-19(27)24-22(20)26(25-12)15-7-4-6-14(23)10-15/h2-10,16H,11H2,1H3,(H,24,27)/t16-/m1/s1. The van der Waals surface area contributed by atoms with E-state index in [0.717, 1.165) is 5.39 Å². The molecule has 1 aliphatic rings. The zero-order valence-corrected chi connectivity index (χ0v) is 15.5. The van der Waals surface area contributed by atoms with Crippen LogP contribution < -0.4 is 5.32 Å². The molecular formula is C22H16FN3O3. The van der Waals surface area contributed by atoms with E-state index < -0.39 is 11.7 Å². The van der Waals surface area contributed by atoms with Gasteiger partial charge < -0.3 is 9.73 Å². The van der Waals surface area contributed by atoms with Gasteiger partial charge in [0.15, 0.2) is 5.76 Å². The Labute approximate surface area is 164 Å². The molecule has 29 heavy (non-hydrogen) atoms. The predicted octanol–water partition coefficient (Wildman–Crippen LogP) is 4.37. The largest absolute Gasteiger partial charge is 0.453 e. The average Bonchev–Trinajstić information content (AvgIpc) is 3.28. The fourth-order valence-electron chi connectivity index (χ4n) is 3.84. The molecule has 0 unspecified atom stereocenters. The molecule has 0 spiro atoms. The summed E-state index contributed by atoms with van der Waals surface area (Å²) in [5.74, 6) is -1.12. The van der Waals surface area contributed by atoms with Gasteiger partial charge in [-0.1, -0.05) is 24.3 Å². The average molecular weight is 389 g/mol. The summed E-state index contributed by atoms with van der Waals surface area (Å²) in [5, 5.41) is 8.07. The maximum atomic E-state index is 13.7. The summed E-state index contributed by atoms with van der Waals surface area (Å²) < 4.78 is 20.9. The van der Waals surface area contributed by atoms with Crippen LogP contribution in [0.2, 0.25) is 0 Å². The lowest BCUT2D eigenvalue weighted by Crippen LogP contribution is -2.28. The van der Waals surface area contributed by atoms with Crippen LogP contribution in [-0.4, -0.2) is 21.5 Å². The molecule has 0 fully saturated rings. The number of carbonyl (C=O) groups is 2. The molecule has 1 atom stereocenters. The summed E-state index contributed by atoms with van der Waals surface area (Å²) in [6, 6.07) is 15.0. The Balaban J connectivity index is 1.62. The minimum Gasteiger partial charge on any atom is -0.453 e. The molecule has 0 aliphatic carbocycles. The van der Waals surface area contributed by atoms with Crippen molar-refractivity contribution in [1.29, 1.82) is 0 Å². The molecule has 0 bridgehead atoms. The number of rotatable bonds is 3. The van der Waals surface area contributed by atoms with Crippen LogP contribution in [0.4, 0.5) is 10.2 Å².